The zero-order valence-corrected chi connectivity index (χ0v) is 17.8. The molecule has 2 aliphatic rings. The average Bonchev–Trinajstić information content (AvgIpc) is 3.22. The number of pyridine rings is 1. The van der Waals surface area contributed by atoms with Crippen molar-refractivity contribution in [1.82, 2.24) is 19.9 Å². The van der Waals surface area contributed by atoms with Gasteiger partial charge < -0.3 is 10.1 Å². The van der Waals surface area contributed by atoms with Crippen LogP contribution in [0.3, 0.4) is 0 Å². The highest BCUT2D eigenvalue weighted by Crippen LogP contribution is 2.21. The number of carbonyl (C=O) groups is 2. The van der Waals surface area contributed by atoms with Crippen LogP contribution in [0.15, 0.2) is 28.3 Å². The van der Waals surface area contributed by atoms with Gasteiger partial charge in [0.05, 0.1) is 18.2 Å². The highest BCUT2D eigenvalue weighted by molar-refractivity contribution is 7.99. The molecule has 2 heterocycles. The van der Waals surface area contributed by atoms with E-state index in [-0.39, 0.29) is 23.3 Å². The van der Waals surface area contributed by atoms with E-state index in [2.05, 4.69) is 15.6 Å². The van der Waals surface area contributed by atoms with Crippen molar-refractivity contribution in [3.63, 3.8) is 0 Å². The Hall–Kier alpha value is -1.69. The number of amides is 3. The Morgan fingerprint density at radius 3 is 2.59 bits per heavy atom. The molecule has 3 amide bonds. The van der Waals surface area contributed by atoms with Crippen molar-refractivity contribution in [2.75, 3.05) is 32.1 Å². The number of nitrogens with one attached hydrogen (secondary N) is 2. The minimum atomic E-state index is -3.56. The summed E-state index contributed by atoms with van der Waals surface area (Å²) in [6, 6.07) is 2.87. The fourth-order valence-electron chi connectivity index (χ4n) is 3.27. The van der Waals surface area contributed by atoms with Gasteiger partial charge >= 0.3 is 6.03 Å². The number of rotatable bonds is 7. The van der Waals surface area contributed by atoms with Crippen LogP contribution in [0.25, 0.3) is 0 Å². The van der Waals surface area contributed by atoms with Gasteiger partial charge in [-0.2, -0.15) is 4.31 Å². The lowest BCUT2D eigenvalue weighted by atomic mass is 10.2. The third-order valence-electron chi connectivity index (χ3n) is 4.84. The third kappa shape index (κ3) is 6.39. The van der Waals surface area contributed by atoms with Gasteiger partial charge in [0.25, 0.3) is 0 Å². The summed E-state index contributed by atoms with van der Waals surface area (Å²) in [6.07, 6.45) is 5.63. The van der Waals surface area contributed by atoms with Gasteiger partial charge in [0, 0.05) is 37.5 Å². The fraction of sp³-hybridized carbons (Fsp3) is 0.611. The number of aromatic nitrogens is 1. The topological polar surface area (TPSA) is 118 Å². The molecule has 1 saturated carbocycles. The predicted molar refractivity (Wildman–Crippen MR) is 108 cm³/mol. The second kappa shape index (κ2) is 10.4. The van der Waals surface area contributed by atoms with Crippen LogP contribution in [0.5, 0.6) is 0 Å². The molecule has 1 aliphatic carbocycles. The molecule has 1 aliphatic heterocycles. The number of morpholine rings is 1. The van der Waals surface area contributed by atoms with Crippen LogP contribution in [0.1, 0.15) is 32.1 Å². The number of imide groups is 1. The number of nitrogens with zero attached hydrogens (tertiary/aromatic N) is 2. The zero-order valence-electron chi connectivity index (χ0n) is 16.1. The van der Waals surface area contributed by atoms with E-state index in [1.807, 2.05) is 0 Å². The van der Waals surface area contributed by atoms with E-state index in [0.29, 0.717) is 37.1 Å². The Balaban J connectivity index is 1.41. The van der Waals surface area contributed by atoms with E-state index < -0.39 is 16.1 Å². The Bertz CT molecular complexity index is 804. The van der Waals surface area contributed by atoms with Gasteiger partial charge in [0.2, 0.25) is 15.9 Å². The molecule has 1 aromatic rings. The number of urea groups is 1. The van der Waals surface area contributed by atoms with Gasteiger partial charge in [0.1, 0.15) is 4.90 Å². The third-order valence-corrected chi connectivity index (χ3v) is 7.67. The minimum Gasteiger partial charge on any atom is -0.379 e. The molecule has 11 heteroatoms. The summed E-state index contributed by atoms with van der Waals surface area (Å²) in [4.78, 5) is 28.0. The van der Waals surface area contributed by atoms with Crippen molar-refractivity contribution in [1.29, 1.82) is 0 Å². The van der Waals surface area contributed by atoms with Crippen LogP contribution in [0.4, 0.5) is 4.79 Å². The molecule has 0 aromatic carbocycles. The molecular weight excluding hydrogens is 416 g/mol. The van der Waals surface area contributed by atoms with E-state index in [9.17, 15) is 18.0 Å². The summed E-state index contributed by atoms with van der Waals surface area (Å²) in [5, 5.41) is 5.77. The number of thioether (sulfide) groups is 1. The normalized spacial score (nSPS) is 18.5. The Morgan fingerprint density at radius 1 is 1.21 bits per heavy atom. The first kappa shape index (κ1) is 22.0. The monoisotopic (exact) mass is 442 g/mol. The molecule has 0 atom stereocenters. The van der Waals surface area contributed by atoms with Gasteiger partial charge in [-0.05, 0) is 25.0 Å². The van der Waals surface area contributed by atoms with Crippen molar-refractivity contribution in [2.45, 2.75) is 48.1 Å². The smallest absolute Gasteiger partial charge is 0.321 e. The molecular formula is C18H26N4O5S2. The SMILES string of the molecule is O=C(CCSc1ccc(S(=O)(=O)N2CCOCC2)cn1)NC(=O)NC1CCCC1. The summed E-state index contributed by atoms with van der Waals surface area (Å²) in [5.41, 5.74) is 0. The van der Waals surface area contributed by atoms with E-state index in [1.165, 1.54) is 28.3 Å². The lowest BCUT2D eigenvalue weighted by Gasteiger charge is -2.25. The number of sulfonamides is 1. The van der Waals surface area contributed by atoms with Crippen LogP contribution in [-0.2, 0) is 19.6 Å². The highest BCUT2D eigenvalue weighted by Gasteiger charge is 2.26. The van der Waals surface area contributed by atoms with Gasteiger partial charge in [-0.1, -0.05) is 12.8 Å². The number of hydrogen-bond acceptors (Lipinski definition) is 7. The van der Waals surface area contributed by atoms with E-state index >= 15 is 0 Å². The van der Waals surface area contributed by atoms with Crippen LogP contribution >= 0.6 is 11.8 Å². The quantitative estimate of drug-likeness (QED) is 0.612. The van der Waals surface area contributed by atoms with Gasteiger partial charge in [-0.25, -0.2) is 18.2 Å². The number of carbonyl (C=O) groups excluding carboxylic acids is 2. The second-order valence-corrected chi connectivity index (χ2v) is 10.0. The van der Waals surface area contributed by atoms with Gasteiger partial charge in [-0.3, -0.25) is 10.1 Å². The standard InChI is InChI=1S/C18H26N4O5S2/c23-16(21-18(24)20-14-3-1-2-4-14)7-12-28-17-6-5-15(13-19-17)29(25,26)22-8-10-27-11-9-22/h5-6,13-14H,1-4,7-12H2,(H2,20,21,23,24). The first-order valence-corrected chi connectivity index (χ1v) is 12.1. The van der Waals surface area contributed by atoms with Crippen LogP contribution < -0.4 is 10.6 Å². The van der Waals surface area contributed by atoms with Crippen LogP contribution in [-0.4, -0.2) is 67.7 Å². The average molecular weight is 443 g/mol. The van der Waals surface area contributed by atoms with E-state index in [4.69, 9.17) is 4.74 Å². The second-order valence-electron chi connectivity index (χ2n) is 6.95. The van der Waals surface area contributed by atoms with Gasteiger partial charge in [0.15, 0.2) is 0 Å². The van der Waals surface area contributed by atoms with E-state index in [1.54, 1.807) is 6.07 Å². The molecule has 0 radical (unpaired) electrons. The van der Waals surface area contributed by atoms with Gasteiger partial charge in [-0.15, -0.1) is 11.8 Å². The molecule has 3 rings (SSSR count). The van der Waals surface area contributed by atoms with Crippen molar-refractivity contribution in [3.05, 3.63) is 18.3 Å². The highest BCUT2D eigenvalue weighted by atomic mass is 32.2. The maximum absolute atomic E-state index is 12.6. The fourth-order valence-corrected chi connectivity index (χ4v) is 5.41. The lowest BCUT2D eigenvalue weighted by molar-refractivity contribution is -0.119. The Labute approximate surface area is 175 Å². The molecule has 9 nitrogen and oxygen atoms in total. The molecule has 0 spiro atoms. The maximum atomic E-state index is 12.6. The van der Waals surface area contributed by atoms with Crippen LogP contribution in [0.2, 0.25) is 0 Å². The van der Waals surface area contributed by atoms with Crippen molar-refractivity contribution in [2.24, 2.45) is 0 Å². The molecule has 1 saturated heterocycles. The van der Waals surface area contributed by atoms with Crippen LogP contribution in [0, 0.1) is 0 Å². The molecule has 160 valence electrons. The Kier molecular flexibility index (Phi) is 7.87. The predicted octanol–water partition coefficient (Wildman–Crippen LogP) is 1.35. The summed E-state index contributed by atoms with van der Waals surface area (Å²) >= 11 is 1.33. The zero-order chi connectivity index (χ0) is 20.7. The van der Waals surface area contributed by atoms with E-state index in [0.717, 1.165) is 25.7 Å². The number of ether oxygens (including phenoxy) is 1. The number of hydrogen-bond donors (Lipinski definition) is 2. The maximum Gasteiger partial charge on any atom is 0.321 e. The largest absolute Gasteiger partial charge is 0.379 e. The molecule has 1 aromatic heterocycles. The minimum absolute atomic E-state index is 0.144. The summed E-state index contributed by atoms with van der Waals surface area (Å²) in [6.45, 7) is 1.45. The summed E-state index contributed by atoms with van der Waals surface area (Å²) in [5.74, 6) is 0.0879. The Morgan fingerprint density at radius 2 is 1.93 bits per heavy atom. The van der Waals surface area contributed by atoms with Crippen molar-refractivity contribution < 1.29 is 22.7 Å². The molecule has 0 unspecified atom stereocenters. The summed E-state index contributed by atoms with van der Waals surface area (Å²) < 4.78 is 31.7. The van der Waals surface area contributed by atoms with Crippen molar-refractivity contribution >= 4 is 33.7 Å². The molecule has 29 heavy (non-hydrogen) atoms. The molecule has 0 bridgehead atoms. The molecule has 2 fully saturated rings. The lowest BCUT2D eigenvalue weighted by Crippen LogP contribution is -2.43. The van der Waals surface area contributed by atoms with Crippen molar-refractivity contribution in [3.8, 4) is 0 Å². The first-order chi connectivity index (χ1) is 13.9. The molecule has 2 N–H and O–H groups in total. The first-order valence-electron chi connectivity index (χ1n) is 9.72. The summed E-state index contributed by atoms with van der Waals surface area (Å²) in [7, 11) is -3.56.